The second-order valence-corrected chi connectivity index (χ2v) is 3.76. The van der Waals surface area contributed by atoms with E-state index in [9.17, 15) is 0 Å². The zero-order valence-electron chi connectivity index (χ0n) is 8.77. The van der Waals surface area contributed by atoms with Gasteiger partial charge < -0.3 is 9.80 Å². The fourth-order valence-corrected chi connectivity index (χ4v) is 1.74. The van der Waals surface area contributed by atoms with E-state index in [0.717, 1.165) is 13.1 Å². The van der Waals surface area contributed by atoms with Crippen molar-refractivity contribution in [3.63, 3.8) is 0 Å². The van der Waals surface area contributed by atoms with E-state index in [1.54, 1.807) is 0 Å². The number of rotatable bonds is 1. The summed E-state index contributed by atoms with van der Waals surface area (Å²) in [6.45, 7) is 2.24. The Kier molecular flexibility index (Phi) is 2.44. The van der Waals surface area contributed by atoms with Gasteiger partial charge in [-0.1, -0.05) is 30.3 Å². The van der Waals surface area contributed by atoms with Crippen LogP contribution in [-0.4, -0.2) is 37.0 Å². The molecule has 14 heavy (non-hydrogen) atoms. The van der Waals surface area contributed by atoms with Crippen LogP contribution in [0.4, 0.5) is 0 Å². The van der Waals surface area contributed by atoms with Gasteiger partial charge in [0, 0.05) is 27.2 Å². The van der Waals surface area contributed by atoms with Crippen LogP contribution in [0.25, 0.3) is 6.08 Å². The first-order valence-corrected chi connectivity index (χ1v) is 4.96. The molecule has 1 heterocycles. The van der Waals surface area contributed by atoms with E-state index < -0.39 is 0 Å². The summed E-state index contributed by atoms with van der Waals surface area (Å²) in [4.78, 5) is 4.57. The average Bonchev–Trinajstić information content (AvgIpc) is 2.51. The highest BCUT2D eigenvalue weighted by Crippen LogP contribution is 2.17. The molecule has 0 aliphatic carbocycles. The molecule has 2 rings (SSSR count). The maximum Gasteiger partial charge on any atom is 0.104 e. The molecule has 1 aliphatic rings. The van der Waals surface area contributed by atoms with E-state index in [1.807, 2.05) is 6.07 Å². The molecular weight excluding hydrogens is 172 g/mol. The Morgan fingerprint density at radius 2 is 1.57 bits per heavy atom. The predicted octanol–water partition coefficient (Wildman–Crippen LogP) is 1.86. The van der Waals surface area contributed by atoms with Crippen LogP contribution in [0.1, 0.15) is 5.56 Å². The molecule has 1 aromatic carbocycles. The summed E-state index contributed by atoms with van der Waals surface area (Å²) >= 11 is 0. The third kappa shape index (κ3) is 1.74. The van der Waals surface area contributed by atoms with Gasteiger partial charge in [-0.3, -0.25) is 0 Å². The van der Waals surface area contributed by atoms with Crippen molar-refractivity contribution in [3.8, 4) is 0 Å². The summed E-state index contributed by atoms with van der Waals surface area (Å²) in [7, 11) is 4.27. The van der Waals surface area contributed by atoms with Crippen LogP contribution in [0.3, 0.4) is 0 Å². The normalized spacial score (nSPS) is 16.3. The highest BCUT2D eigenvalue weighted by atomic mass is 15.4. The maximum atomic E-state index is 2.28. The Hall–Kier alpha value is -1.44. The molecule has 2 nitrogen and oxygen atoms in total. The van der Waals surface area contributed by atoms with E-state index in [0.29, 0.717) is 0 Å². The Morgan fingerprint density at radius 1 is 1.00 bits per heavy atom. The molecule has 0 radical (unpaired) electrons. The molecule has 0 atom stereocenters. The van der Waals surface area contributed by atoms with Gasteiger partial charge in [0.2, 0.25) is 0 Å². The Labute approximate surface area is 85.4 Å². The lowest BCUT2D eigenvalue weighted by molar-refractivity contribution is 0.429. The highest BCUT2D eigenvalue weighted by molar-refractivity contribution is 5.52. The zero-order valence-corrected chi connectivity index (χ0v) is 8.77. The fourth-order valence-electron chi connectivity index (χ4n) is 1.74. The summed E-state index contributed by atoms with van der Waals surface area (Å²) in [6, 6.07) is 10.5. The first kappa shape index (κ1) is 9.13. The lowest BCUT2D eigenvalue weighted by Gasteiger charge is -2.17. The van der Waals surface area contributed by atoms with Crippen molar-refractivity contribution >= 4 is 6.08 Å². The molecule has 0 unspecified atom stereocenters. The SMILES string of the molecule is CN1CCN(C)C1=Cc1ccccc1. The molecule has 0 saturated carbocycles. The number of hydrogen-bond donors (Lipinski definition) is 0. The van der Waals surface area contributed by atoms with Gasteiger partial charge in [-0.2, -0.15) is 0 Å². The van der Waals surface area contributed by atoms with Crippen LogP contribution in [0.15, 0.2) is 36.2 Å². The molecule has 0 bridgehead atoms. The molecule has 1 fully saturated rings. The van der Waals surface area contributed by atoms with E-state index in [-0.39, 0.29) is 0 Å². The van der Waals surface area contributed by atoms with Crippen molar-refractivity contribution in [1.82, 2.24) is 9.80 Å². The number of benzene rings is 1. The summed E-state index contributed by atoms with van der Waals surface area (Å²) in [5.41, 5.74) is 1.27. The molecule has 1 saturated heterocycles. The van der Waals surface area contributed by atoms with Gasteiger partial charge in [0.15, 0.2) is 0 Å². The van der Waals surface area contributed by atoms with Gasteiger partial charge in [0.25, 0.3) is 0 Å². The summed E-state index contributed by atoms with van der Waals surface area (Å²) in [6.07, 6.45) is 2.23. The second-order valence-electron chi connectivity index (χ2n) is 3.76. The van der Waals surface area contributed by atoms with Crippen molar-refractivity contribution in [1.29, 1.82) is 0 Å². The summed E-state index contributed by atoms with van der Waals surface area (Å²) in [5.74, 6) is 1.30. The van der Waals surface area contributed by atoms with Gasteiger partial charge in [-0.25, -0.2) is 0 Å². The van der Waals surface area contributed by atoms with Gasteiger partial charge in [-0.15, -0.1) is 0 Å². The van der Waals surface area contributed by atoms with E-state index in [4.69, 9.17) is 0 Å². The Bertz CT molecular complexity index is 317. The van der Waals surface area contributed by atoms with E-state index in [1.165, 1.54) is 11.4 Å². The van der Waals surface area contributed by atoms with Gasteiger partial charge in [0.05, 0.1) is 0 Å². The standard InChI is InChI=1S/C12H16N2/c1-13-8-9-14(2)12(13)10-11-6-4-3-5-7-11/h3-7,10H,8-9H2,1-2H3. The van der Waals surface area contributed by atoms with Crippen molar-refractivity contribution < 1.29 is 0 Å². The monoisotopic (exact) mass is 188 g/mol. The molecule has 1 aromatic rings. The first-order chi connectivity index (χ1) is 6.77. The quantitative estimate of drug-likeness (QED) is 0.663. The van der Waals surface area contributed by atoms with Gasteiger partial charge >= 0.3 is 0 Å². The molecular formula is C12H16N2. The third-order valence-corrected chi connectivity index (χ3v) is 2.65. The molecule has 0 aromatic heterocycles. The van der Waals surface area contributed by atoms with E-state index in [2.05, 4.69) is 54.2 Å². The molecule has 1 aliphatic heterocycles. The van der Waals surface area contributed by atoms with Gasteiger partial charge in [0.1, 0.15) is 5.82 Å². The average molecular weight is 188 g/mol. The van der Waals surface area contributed by atoms with E-state index >= 15 is 0 Å². The third-order valence-electron chi connectivity index (χ3n) is 2.65. The van der Waals surface area contributed by atoms with Crippen LogP contribution in [0.2, 0.25) is 0 Å². The topological polar surface area (TPSA) is 6.48 Å². The summed E-state index contributed by atoms with van der Waals surface area (Å²) in [5, 5.41) is 0. The van der Waals surface area contributed by atoms with Crippen molar-refractivity contribution in [2.24, 2.45) is 0 Å². The molecule has 2 heteroatoms. The maximum absolute atomic E-state index is 2.28. The lowest BCUT2D eigenvalue weighted by atomic mass is 10.2. The van der Waals surface area contributed by atoms with Gasteiger partial charge in [-0.05, 0) is 11.6 Å². The molecule has 0 spiro atoms. The van der Waals surface area contributed by atoms with Crippen LogP contribution in [0.5, 0.6) is 0 Å². The second kappa shape index (κ2) is 3.74. The Morgan fingerprint density at radius 3 is 2.14 bits per heavy atom. The largest absolute Gasteiger partial charge is 0.360 e. The molecule has 0 amide bonds. The highest BCUT2D eigenvalue weighted by Gasteiger charge is 2.17. The first-order valence-electron chi connectivity index (χ1n) is 4.96. The minimum absolute atomic E-state index is 1.12. The number of nitrogens with zero attached hydrogens (tertiary/aromatic N) is 2. The van der Waals surface area contributed by atoms with Crippen LogP contribution >= 0.6 is 0 Å². The summed E-state index contributed by atoms with van der Waals surface area (Å²) < 4.78 is 0. The number of likely N-dealkylation sites (N-methyl/N-ethyl adjacent to an activating group) is 2. The molecule has 74 valence electrons. The smallest absolute Gasteiger partial charge is 0.104 e. The van der Waals surface area contributed by atoms with Crippen LogP contribution < -0.4 is 0 Å². The van der Waals surface area contributed by atoms with Crippen molar-refractivity contribution in [2.75, 3.05) is 27.2 Å². The zero-order chi connectivity index (χ0) is 9.97. The molecule has 0 N–H and O–H groups in total. The lowest BCUT2D eigenvalue weighted by Crippen LogP contribution is -2.15. The minimum Gasteiger partial charge on any atom is -0.360 e. The minimum atomic E-state index is 1.12. The van der Waals surface area contributed by atoms with Crippen molar-refractivity contribution in [2.45, 2.75) is 0 Å². The predicted molar refractivity (Wildman–Crippen MR) is 59.7 cm³/mol. The number of hydrogen-bond acceptors (Lipinski definition) is 2. The van der Waals surface area contributed by atoms with Crippen molar-refractivity contribution in [3.05, 3.63) is 41.7 Å². The fraction of sp³-hybridized carbons (Fsp3) is 0.333. The Balaban J connectivity index is 2.26. The van der Waals surface area contributed by atoms with Crippen LogP contribution in [-0.2, 0) is 0 Å². The van der Waals surface area contributed by atoms with Crippen LogP contribution in [0, 0.1) is 0 Å².